The highest BCUT2D eigenvalue weighted by molar-refractivity contribution is 6.83. The van der Waals surface area contributed by atoms with E-state index in [1.807, 2.05) is 13.0 Å². The van der Waals surface area contributed by atoms with Crippen LogP contribution >= 0.6 is 0 Å². The summed E-state index contributed by atoms with van der Waals surface area (Å²) >= 11 is 0. The summed E-state index contributed by atoms with van der Waals surface area (Å²) in [5.74, 6) is 3.87. The van der Waals surface area contributed by atoms with E-state index in [2.05, 4.69) is 53.0 Å². The van der Waals surface area contributed by atoms with Crippen molar-refractivity contribution in [2.75, 3.05) is 0 Å². The molecule has 0 saturated heterocycles. The summed E-state index contributed by atoms with van der Waals surface area (Å²) in [6, 6.07) is 0. The van der Waals surface area contributed by atoms with E-state index in [4.69, 9.17) is 0 Å². The molecule has 1 rings (SSSR count). The van der Waals surface area contributed by atoms with Gasteiger partial charge in [0.15, 0.2) is 5.82 Å². The van der Waals surface area contributed by atoms with Crippen LogP contribution in [-0.2, 0) is 0 Å². The lowest BCUT2D eigenvalue weighted by Crippen LogP contribution is -2.16. The van der Waals surface area contributed by atoms with Crippen LogP contribution < -0.4 is 0 Å². The topological polar surface area (TPSA) is 41.0 Å². The largest absolute Gasteiger partial charge is 0.261 e. The Morgan fingerprint density at radius 1 is 1.56 bits per heavy atom. The van der Waals surface area contributed by atoms with Gasteiger partial charge in [-0.2, -0.15) is 5.10 Å². The van der Waals surface area contributed by atoms with Gasteiger partial charge in [-0.3, -0.25) is 5.10 Å². The van der Waals surface area contributed by atoms with E-state index >= 15 is 0 Å². The maximum absolute atomic E-state index is 3.91. The normalized spacial score (nSPS) is 11.9. The molecule has 0 atom stereocenters. The average Bonchev–Trinajstić information content (AvgIpc) is 2.61. The second kappa shape index (κ2) is 4.95. The van der Waals surface area contributed by atoms with Gasteiger partial charge in [0.1, 0.15) is 8.07 Å². The van der Waals surface area contributed by atoms with Gasteiger partial charge < -0.3 is 0 Å². The van der Waals surface area contributed by atoms with E-state index in [0.29, 0.717) is 5.82 Å². The third kappa shape index (κ3) is 3.87. The molecular formula is C12H17N3Si. The molecule has 0 aliphatic heterocycles. The van der Waals surface area contributed by atoms with E-state index in [1.165, 1.54) is 0 Å². The van der Waals surface area contributed by atoms with E-state index < -0.39 is 8.07 Å². The Balaban J connectivity index is 2.92. The van der Waals surface area contributed by atoms with Crippen molar-refractivity contribution in [3.63, 3.8) is 0 Å². The first-order chi connectivity index (χ1) is 7.42. The number of aromatic nitrogens is 2. The molecule has 0 aliphatic carbocycles. The number of nitrogens with one attached hydrogen (secondary N) is 1. The molecule has 3 nitrogen and oxygen atoms in total. The molecule has 0 bridgehead atoms. The first kappa shape index (κ1) is 12.5. The lowest BCUT2D eigenvalue weighted by atomic mass is 10.2. The minimum Gasteiger partial charge on any atom is -0.261 e. The van der Waals surface area contributed by atoms with Crippen LogP contribution in [0.4, 0.5) is 5.82 Å². The summed E-state index contributed by atoms with van der Waals surface area (Å²) in [5.41, 5.74) is 5.27. The molecule has 1 N–H and O–H groups in total. The average molecular weight is 231 g/mol. The molecule has 0 spiro atoms. The third-order valence-corrected chi connectivity index (χ3v) is 2.69. The van der Waals surface area contributed by atoms with Gasteiger partial charge in [-0.15, -0.1) is 5.54 Å². The monoisotopic (exact) mass is 231 g/mol. The fraction of sp³-hybridized carbons (Fsp3) is 0.333. The Kier molecular flexibility index (Phi) is 3.86. The summed E-state index contributed by atoms with van der Waals surface area (Å²) in [6.07, 6.45) is 3.70. The van der Waals surface area contributed by atoms with Crippen LogP contribution in [0.5, 0.6) is 0 Å². The molecule has 1 heterocycles. The molecular weight excluding hydrogens is 214 g/mol. The van der Waals surface area contributed by atoms with E-state index in [-0.39, 0.29) is 0 Å². The van der Waals surface area contributed by atoms with E-state index in [9.17, 15) is 0 Å². The summed E-state index contributed by atoms with van der Waals surface area (Å²) < 4.78 is 0. The fourth-order valence-electron chi connectivity index (χ4n) is 1.08. The van der Waals surface area contributed by atoms with Crippen LogP contribution in [-0.4, -0.2) is 25.0 Å². The lowest BCUT2D eigenvalue weighted by molar-refractivity contribution is 1.08. The molecule has 1 aromatic heterocycles. The summed E-state index contributed by atoms with van der Waals surface area (Å²) in [7, 11) is -1.30. The molecule has 0 amide bonds. The number of hydrogen-bond acceptors (Lipinski definition) is 2. The van der Waals surface area contributed by atoms with Crippen molar-refractivity contribution in [1.82, 2.24) is 10.2 Å². The Morgan fingerprint density at radius 3 is 2.81 bits per heavy atom. The second-order valence-corrected chi connectivity index (χ2v) is 9.41. The van der Waals surface area contributed by atoms with Gasteiger partial charge in [0.25, 0.3) is 0 Å². The number of H-pyrrole nitrogens is 1. The number of aromatic amines is 1. The maximum atomic E-state index is 3.91. The first-order valence-electron chi connectivity index (χ1n) is 5.14. The van der Waals surface area contributed by atoms with Gasteiger partial charge >= 0.3 is 0 Å². The lowest BCUT2D eigenvalue weighted by Gasteiger charge is -2.03. The molecule has 0 fully saturated rings. The van der Waals surface area contributed by atoms with Crippen LogP contribution in [0, 0.1) is 11.5 Å². The van der Waals surface area contributed by atoms with Crippen molar-refractivity contribution in [2.45, 2.75) is 26.6 Å². The minimum absolute atomic E-state index is 0.689. The highest BCUT2D eigenvalue weighted by atomic mass is 28.3. The van der Waals surface area contributed by atoms with Crippen LogP contribution in [0.25, 0.3) is 6.08 Å². The molecule has 4 heteroatoms. The molecule has 0 saturated carbocycles. The Morgan fingerprint density at radius 2 is 2.25 bits per heavy atom. The Labute approximate surface area is 97.7 Å². The number of rotatable bonds is 2. The van der Waals surface area contributed by atoms with Gasteiger partial charge in [0.05, 0.1) is 6.20 Å². The Hall–Kier alpha value is -1.60. The number of allylic oxidation sites excluding steroid dienone is 1. The van der Waals surface area contributed by atoms with E-state index in [1.54, 1.807) is 6.20 Å². The van der Waals surface area contributed by atoms with Crippen LogP contribution in [0.3, 0.4) is 0 Å². The number of nitrogens with zero attached hydrogens (tertiary/aromatic N) is 2. The van der Waals surface area contributed by atoms with Crippen molar-refractivity contribution >= 4 is 26.7 Å². The van der Waals surface area contributed by atoms with Crippen molar-refractivity contribution in [2.24, 2.45) is 4.99 Å². The zero-order valence-electron chi connectivity index (χ0n) is 10.3. The predicted molar refractivity (Wildman–Crippen MR) is 72.6 cm³/mol. The quantitative estimate of drug-likeness (QED) is 0.474. The smallest absolute Gasteiger partial charge is 0.154 e. The van der Waals surface area contributed by atoms with Gasteiger partial charge in [0, 0.05) is 5.56 Å². The van der Waals surface area contributed by atoms with Crippen molar-refractivity contribution in [1.29, 1.82) is 0 Å². The van der Waals surface area contributed by atoms with Crippen LogP contribution in [0.2, 0.25) is 19.6 Å². The highest BCUT2D eigenvalue weighted by Gasteiger charge is 2.07. The molecule has 0 aromatic carbocycles. The first-order valence-corrected chi connectivity index (χ1v) is 8.64. The number of aliphatic imine (C=N–C) groups is 1. The molecule has 1 aromatic rings. The standard InChI is InChI=1S/C12H17N3Si/c1-10(6-7-16(3,4)5)8-11-9-14-15-12(11)13-2/h8-9H,2H2,1,3-5H3,(H,14,15)/b10-8+. The highest BCUT2D eigenvalue weighted by Crippen LogP contribution is 2.17. The zero-order chi connectivity index (χ0) is 12.2. The van der Waals surface area contributed by atoms with Crippen molar-refractivity contribution < 1.29 is 0 Å². The molecule has 0 unspecified atom stereocenters. The maximum Gasteiger partial charge on any atom is 0.154 e. The molecule has 16 heavy (non-hydrogen) atoms. The molecule has 0 radical (unpaired) electrons. The summed E-state index contributed by atoms with van der Waals surface area (Å²) in [6.45, 7) is 12.1. The third-order valence-electron chi connectivity index (χ3n) is 1.81. The zero-order valence-corrected chi connectivity index (χ0v) is 11.3. The van der Waals surface area contributed by atoms with Gasteiger partial charge in [-0.05, 0) is 25.3 Å². The van der Waals surface area contributed by atoms with Crippen molar-refractivity contribution in [3.8, 4) is 11.5 Å². The van der Waals surface area contributed by atoms with Gasteiger partial charge in [0.2, 0.25) is 0 Å². The Bertz CT molecular complexity index is 466. The van der Waals surface area contributed by atoms with Crippen LogP contribution in [0.1, 0.15) is 12.5 Å². The van der Waals surface area contributed by atoms with Gasteiger partial charge in [-0.25, -0.2) is 4.99 Å². The molecule has 0 aliphatic rings. The predicted octanol–water partition coefficient (Wildman–Crippen LogP) is 3.03. The van der Waals surface area contributed by atoms with Crippen molar-refractivity contribution in [3.05, 3.63) is 17.3 Å². The van der Waals surface area contributed by atoms with Crippen LogP contribution in [0.15, 0.2) is 16.8 Å². The minimum atomic E-state index is -1.30. The fourth-order valence-corrected chi connectivity index (χ4v) is 1.65. The van der Waals surface area contributed by atoms with E-state index in [0.717, 1.165) is 11.1 Å². The summed E-state index contributed by atoms with van der Waals surface area (Å²) in [4.78, 5) is 3.84. The molecule has 84 valence electrons. The van der Waals surface area contributed by atoms with Gasteiger partial charge in [-0.1, -0.05) is 25.6 Å². The second-order valence-electron chi connectivity index (χ2n) is 4.66. The summed E-state index contributed by atoms with van der Waals surface area (Å²) in [5, 5.41) is 6.68. The SMILES string of the molecule is C=Nc1[nH]ncc1/C=C(\C)C#C[Si](C)(C)C. The number of hydrogen-bond donors (Lipinski definition) is 1.